The highest BCUT2D eigenvalue weighted by Gasteiger charge is 2.23. The number of carbonyl (C=O) groups excluding carboxylic acids is 1. The van der Waals surface area contributed by atoms with Crippen molar-refractivity contribution in [2.75, 3.05) is 6.61 Å². The van der Waals surface area contributed by atoms with Crippen molar-refractivity contribution >= 4 is 6.47 Å². The van der Waals surface area contributed by atoms with E-state index in [9.17, 15) is 15.0 Å². The molecule has 2 N–H and O–H groups in total. The van der Waals surface area contributed by atoms with Gasteiger partial charge in [0.05, 0.1) is 12.5 Å². The molecule has 0 spiro atoms. The third-order valence-corrected chi connectivity index (χ3v) is 2.56. The molecule has 0 fully saturated rings. The van der Waals surface area contributed by atoms with Crippen molar-refractivity contribution in [3.63, 3.8) is 0 Å². The van der Waals surface area contributed by atoms with Crippen LogP contribution in [0.5, 0.6) is 0 Å². The van der Waals surface area contributed by atoms with Crippen molar-refractivity contribution in [1.29, 1.82) is 0 Å². The number of aliphatic hydroxyl groups is 2. The maximum absolute atomic E-state index is 10.1. The number of hydrogen-bond donors (Lipinski definition) is 2. The van der Waals surface area contributed by atoms with Crippen molar-refractivity contribution < 1.29 is 19.7 Å². The molecular weight excluding hydrogens is 208 g/mol. The smallest absolute Gasteiger partial charge is 0.295 e. The molecule has 0 amide bonds. The van der Waals surface area contributed by atoms with Gasteiger partial charge < -0.3 is 14.9 Å². The minimum Gasteiger partial charge on any atom is -0.437 e. The van der Waals surface area contributed by atoms with Gasteiger partial charge in [-0.25, -0.2) is 0 Å². The Morgan fingerprint density at radius 1 is 1.44 bits per heavy atom. The molecule has 0 saturated carbocycles. The molecule has 0 radical (unpaired) electrons. The zero-order valence-electron chi connectivity index (χ0n) is 9.38. The second kappa shape index (κ2) is 5.63. The molecule has 0 bridgehead atoms. The largest absolute Gasteiger partial charge is 0.437 e. The van der Waals surface area contributed by atoms with Crippen LogP contribution in [-0.2, 0) is 9.53 Å². The molecule has 1 aromatic rings. The van der Waals surface area contributed by atoms with Crippen LogP contribution in [-0.4, -0.2) is 29.6 Å². The molecule has 4 heteroatoms. The first-order valence-corrected chi connectivity index (χ1v) is 5.05. The summed E-state index contributed by atoms with van der Waals surface area (Å²) in [5, 5.41) is 18.8. The number of benzene rings is 1. The van der Waals surface area contributed by atoms with E-state index in [1.807, 2.05) is 32.0 Å². The zero-order chi connectivity index (χ0) is 12.1. The highest BCUT2D eigenvalue weighted by Crippen LogP contribution is 2.24. The standard InChI is InChI=1S/C12H16O4/c1-8-3-4-10(9(2)5-8)11(6-13)12(15)16-7-14/h3-5,7,11-13,15H,6H2,1-2H3. The fourth-order valence-corrected chi connectivity index (χ4v) is 1.74. The van der Waals surface area contributed by atoms with Gasteiger partial charge in [0.25, 0.3) is 6.47 Å². The second-order valence-electron chi connectivity index (χ2n) is 3.77. The Balaban J connectivity index is 2.98. The summed E-state index contributed by atoms with van der Waals surface area (Å²) in [6, 6.07) is 5.66. The molecule has 1 aromatic carbocycles. The zero-order valence-corrected chi connectivity index (χ0v) is 9.38. The van der Waals surface area contributed by atoms with E-state index in [-0.39, 0.29) is 13.1 Å². The molecule has 1 rings (SSSR count). The summed E-state index contributed by atoms with van der Waals surface area (Å²) in [5.41, 5.74) is 2.83. The highest BCUT2D eigenvalue weighted by molar-refractivity contribution is 5.38. The van der Waals surface area contributed by atoms with Crippen LogP contribution in [0.2, 0.25) is 0 Å². The summed E-state index contributed by atoms with van der Waals surface area (Å²) < 4.78 is 4.45. The van der Waals surface area contributed by atoms with Crippen LogP contribution in [0, 0.1) is 13.8 Å². The number of hydrogen-bond acceptors (Lipinski definition) is 4. The average Bonchev–Trinajstić information content (AvgIpc) is 2.22. The lowest BCUT2D eigenvalue weighted by Crippen LogP contribution is -2.25. The Morgan fingerprint density at radius 2 is 2.12 bits per heavy atom. The summed E-state index contributed by atoms with van der Waals surface area (Å²) >= 11 is 0. The molecule has 2 atom stereocenters. The van der Waals surface area contributed by atoms with E-state index < -0.39 is 12.2 Å². The summed E-state index contributed by atoms with van der Waals surface area (Å²) in [5.74, 6) is -0.606. The van der Waals surface area contributed by atoms with E-state index in [0.29, 0.717) is 0 Å². The Hall–Kier alpha value is -1.39. The quantitative estimate of drug-likeness (QED) is 0.575. The van der Waals surface area contributed by atoms with E-state index in [1.54, 1.807) is 0 Å². The van der Waals surface area contributed by atoms with E-state index >= 15 is 0 Å². The summed E-state index contributed by atoms with van der Waals surface area (Å²) in [6.07, 6.45) is -1.32. The lowest BCUT2D eigenvalue weighted by Gasteiger charge is -2.21. The highest BCUT2D eigenvalue weighted by atomic mass is 16.6. The van der Waals surface area contributed by atoms with Crippen LogP contribution >= 0.6 is 0 Å². The van der Waals surface area contributed by atoms with Gasteiger partial charge in [0.15, 0.2) is 0 Å². The molecule has 0 heterocycles. The van der Waals surface area contributed by atoms with Crippen LogP contribution in [0.15, 0.2) is 18.2 Å². The van der Waals surface area contributed by atoms with Gasteiger partial charge in [0.2, 0.25) is 6.29 Å². The van der Waals surface area contributed by atoms with Gasteiger partial charge in [-0.2, -0.15) is 0 Å². The SMILES string of the molecule is Cc1ccc(C(CO)C(O)OC=O)c(C)c1. The first-order chi connectivity index (χ1) is 7.60. The molecule has 2 unspecified atom stereocenters. The average molecular weight is 224 g/mol. The van der Waals surface area contributed by atoms with Gasteiger partial charge in [-0.15, -0.1) is 0 Å². The first kappa shape index (κ1) is 12.7. The molecule has 0 aliphatic carbocycles. The number of rotatable bonds is 5. The minimum absolute atomic E-state index is 0.177. The van der Waals surface area contributed by atoms with Crippen LogP contribution in [0.25, 0.3) is 0 Å². The Morgan fingerprint density at radius 3 is 2.62 bits per heavy atom. The van der Waals surface area contributed by atoms with Crippen LogP contribution < -0.4 is 0 Å². The fraction of sp³-hybridized carbons (Fsp3) is 0.417. The second-order valence-corrected chi connectivity index (χ2v) is 3.77. The maximum atomic E-state index is 10.1. The van der Waals surface area contributed by atoms with Crippen LogP contribution in [0.1, 0.15) is 22.6 Å². The lowest BCUT2D eigenvalue weighted by atomic mass is 9.93. The molecule has 0 saturated heterocycles. The molecular formula is C12H16O4. The fourth-order valence-electron chi connectivity index (χ4n) is 1.74. The Kier molecular flexibility index (Phi) is 4.46. The monoisotopic (exact) mass is 224 g/mol. The maximum Gasteiger partial charge on any atom is 0.295 e. The van der Waals surface area contributed by atoms with E-state index in [4.69, 9.17) is 0 Å². The van der Waals surface area contributed by atoms with Gasteiger partial charge in [0.1, 0.15) is 0 Å². The number of ether oxygens (including phenoxy) is 1. The molecule has 0 aliphatic heterocycles. The summed E-state index contributed by atoms with van der Waals surface area (Å²) in [6.45, 7) is 3.75. The molecule has 4 nitrogen and oxygen atoms in total. The predicted octanol–water partition coefficient (Wildman–Crippen LogP) is 0.871. The van der Waals surface area contributed by atoms with Gasteiger partial charge in [-0.3, -0.25) is 4.79 Å². The molecule has 0 aromatic heterocycles. The predicted molar refractivity (Wildman–Crippen MR) is 58.9 cm³/mol. The lowest BCUT2D eigenvalue weighted by molar-refractivity contribution is -0.157. The van der Waals surface area contributed by atoms with Gasteiger partial charge >= 0.3 is 0 Å². The van der Waals surface area contributed by atoms with E-state index in [1.165, 1.54) is 0 Å². The van der Waals surface area contributed by atoms with E-state index in [2.05, 4.69) is 4.74 Å². The Labute approximate surface area is 94.5 Å². The first-order valence-electron chi connectivity index (χ1n) is 5.05. The molecule has 0 aliphatic rings. The minimum atomic E-state index is -1.32. The van der Waals surface area contributed by atoms with Crippen LogP contribution in [0.3, 0.4) is 0 Å². The molecule has 16 heavy (non-hydrogen) atoms. The third kappa shape index (κ3) is 2.81. The third-order valence-electron chi connectivity index (χ3n) is 2.56. The van der Waals surface area contributed by atoms with Crippen LogP contribution in [0.4, 0.5) is 0 Å². The number of carbonyl (C=O) groups is 1. The summed E-state index contributed by atoms with van der Waals surface area (Å²) in [7, 11) is 0. The van der Waals surface area contributed by atoms with Crippen molar-refractivity contribution in [1.82, 2.24) is 0 Å². The van der Waals surface area contributed by atoms with Crippen molar-refractivity contribution in [2.45, 2.75) is 26.1 Å². The number of aliphatic hydroxyl groups excluding tert-OH is 2. The number of aryl methyl sites for hydroxylation is 2. The van der Waals surface area contributed by atoms with Gasteiger partial charge in [-0.05, 0) is 25.0 Å². The van der Waals surface area contributed by atoms with Gasteiger partial charge in [0, 0.05) is 0 Å². The topological polar surface area (TPSA) is 66.8 Å². The Bertz CT molecular complexity index is 362. The van der Waals surface area contributed by atoms with Crippen molar-refractivity contribution in [3.05, 3.63) is 34.9 Å². The normalized spacial score (nSPS) is 14.2. The van der Waals surface area contributed by atoms with Crippen molar-refractivity contribution in [2.24, 2.45) is 0 Å². The van der Waals surface area contributed by atoms with E-state index in [0.717, 1.165) is 16.7 Å². The van der Waals surface area contributed by atoms with Crippen molar-refractivity contribution in [3.8, 4) is 0 Å². The molecule has 88 valence electrons. The summed E-state index contributed by atoms with van der Waals surface area (Å²) in [4.78, 5) is 10.1. The van der Waals surface area contributed by atoms with Gasteiger partial charge in [-0.1, -0.05) is 23.8 Å².